The highest BCUT2D eigenvalue weighted by Gasteiger charge is 2.27. The van der Waals surface area contributed by atoms with Crippen LogP contribution in [0, 0.1) is 5.41 Å². The van der Waals surface area contributed by atoms with Crippen LogP contribution in [0.1, 0.15) is 49.9 Å². The highest BCUT2D eigenvalue weighted by molar-refractivity contribution is 6.43. The molecular formula is C15H20Cl2N2O. The molecule has 0 atom stereocenters. The minimum absolute atomic E-state index is 0.139. The molecule has 3 nitrogen and oxygen atoms in total. The van der Waals surface area contributed by atoms with Gasteiger partial charge in [-0.3, -0.25) is 4.79 Å². The molecule has 0 radical (unpaired) electrons. The summed E-state index contributed by atoms with van der Waals surface area (Å²) in [6, 6.07) is 3.35. The van der Waals surface area contributed by atoms with Gasteiger partial charge >= 0.3 is 0 Å². The van der Waals surface area contributed by atoms with E-state index in [4.69, 9.17) is 28.9 Å². The molecule has 20 heavy (non-hydrogen) atoms. The SMILES string of the molecule is CC1(C)CCC(NC(=O)c2cc(N)c(Cl)c(Cl)c2)CC1. The van der Waals surface area contributed by atoms with E-state index in [2.05, 4.69) is 19.2 Å². The number of nitrogens with one attached hydrogen (secondary N) is 1. The zero-order valence-corrected chi connectivity index (χ0v) is 13.3. The fourth-order valence-electron chi connectivity index (χ4n) is 2.55. The molecule has 3 N–H and O–H groups in total. The first-order chi connectivity index (χ1) is 9.28. The molecule has 1 amide bonds. The lowest BCUT2D eigenvalue weighted by atomic mass is 9.75. The van der Waals surface area contributed by atoms with E-state index in [0.29, 0.717) is 26.7 Å². The van der Waals surface area contributed by atoms with Crippen LogP contribution < -0.4 is 11.1 Å². The Kier molecular flexibility index (Phi) is 4.50. The van der Waals surface area contributed by atoms with Crippen LogP contribution in [-0.4, -0.2) is 11.9 Å². The van der Waals surface area contributed by atoms with Gasteiger partial charge in [0.05, 0.1) is 15.7 Å². The molecule has 1 aromatic carbocycles. The minimum atomic E-state index is -0.139. The highest BCUT2D eigenvalue weighted by atomic mass is 35.5. The molecule has 2 rings (SSSR count). The Labute approximate surface area is 129 Å². The zero-order chi connectivity index (χ0) is 14.9. The summed E-state index contributed by atoms with van der Waals surface area (Å²) in [7, 11) is 0. The minimum Gasteiger partial charge on any atom is -0.397 e. The van der Waals surface area contributed by atoms with Gasteiger partial charge in [0.15, 0.2) is 0 Å². The van der Waals surface area contributed by atoms with Crippen molar-refractivity contribution >= 4 is 34.8 Å². The van der Waals surface area contributed by atoms with Crippen LogP contribution in [-0.2, 0) is 0 Å². The van der Waals surface area contributed by atoms with Gasteiger partial charge in [0.25, 0.3) is 5.91 Å². The van der Waals surface area contributed by atoms with Gasteiger partial charge in [0.1, 0.15) is 0 Å². The van der Waals surface area contributed by atoms with Crippen LogP contribution in [0.5, 0.6) is 0 Å². The number of amides is 1. The van der Waals surface area contributed by atoms with Crippen LogP contribution in [0.3, 0.4) is 0 Å². The largest absolute Gasteiger partial charge is 0.397 e. The number of halogens is 2. The van der Waals surface area contributed by atoms with E-state index in [1.165, 1.54) is 0 Å². The Morgan fingerprint density at radius 3 is 2.45 bits per heavy atom. The van der Waals surface area contributed by atoms with Crippen molar-refractivity contribution in [3.8, 4) is 0 Å². The first-order valence-electron chi connectivity index (χ1n) is 6.84. The van der Waals surface area contributed by atoms with Crippen molar-refractivity contribution in [1.29, 1.82) is 0 Å². The second-order valence-corrected chi connectivity index (χ2v) is 7.06. The Balaban J connectivity index is 2.02. The number of carbonyl (C=O) groups is 1. The van der Waals surface area contributed by atoms with Crippen LogP contribution in [0.25, 0.3) is 0 Å². The predicted molar refractivity (Wildman–Crippen MR) is 84.4 cm³/mol. The highest BCUT2D eigenvalue weighted by Crippen LogP contribution is 2.35. The van der Waals surface area contributed by atoms with Crippen molar-refractivity contribution in [2.24, 2.45) is 5.41 Å². The number of rotatable bonds is 2. The van der Waals surface area contributed by atoms with Crippen LogP contribution >= 0.6 is 23.2 Å². The predicted octanol–water partition coefficient (Wildman–Crippen LogP) is 4.27. The van der Waals surface area contributed by atoms with Gasteiger partial charge in [-0.1, -0.05) is 37.0 Å². The van der Waals surface area contributed by atoms with E-state index in [0.717, 1.165) is 25.7 Å². The average molecular weight is 315 g/mol. The van der Waals surface area contributed by atoms with Crippen LogP contribution in [0.4, 0.5) is 5.69 Å². The molecule has 1 aliphatic carbocycles. The van der Waals surface area contributed by atoms with Gasteiger partial charge in [-0.15, -0.1) is 0 Å². The molecule has 1 aliphatic rings. The van der Waals surface area contributed by atoms with E-state index in [-0.39, 0.29) is 11.9 Å². The van der Waals surface area contributed by atoms with Crippen molar-refractivity contribution in [2.75, 3.05) is 5.73 Å². The van der Waals surface area contributed by atoms with Crippen molar-refractivity contribution in [1.82, 2.24) is 5.32 Å². The average Bonchev–Trinajstić information content (AvgIpc) is 2.37. The summed E-state index contributed by atoms with van der Waals surface area (Å²) in [5.74, 6) is -0.139. The second kappa shape index (κ2) is 5.82. The Hall–Kier alpha value is -0.930. The normalized spacial score (nSPS) is 18.8. The Bertz CT molecular complexity index is 496. The maximum Gasteiger partial charge on any atom is 0.251 e. The van der Waals surface area contributed by atoms with Crippen molar-refractivity contribution < 1.29 is 4.79 Å². The molecule has 0 bridgehead atoms. The van der Waals surface area contributed by atoms with Crippen molar-refractivity contribution in [3.63, 3.8) is 0 Å². The Morgan fingerprint density at radius 1 is 1.30 bits per heavy atom. The van der Waals surface area contributed by atoms with Gasteiger partial charge in [-0.05, 0) is 43.2 Å². The molecule has 0 saturated heterocycles. The fourth-order valence-corrected chi connectivity index (χ4v) is 2.89. The second-order valence-electron chi connectivity index (χ2n) is 6.27. The number of benzene rings is 1. The molecule has 1 fully saturated rings. The maximum atomic E-state index is 12.2. The van der Waals surface area contributed by atoms with Gasteiger partial charge in [0, 0.05) is 11.6 Å². The van der Waals surface area contributed by atoms with E-state index in [1.807, 2.05) is 0 Å². The van der Waals surface area contributed by atoms with Crippen molar-refractivity contribution in [2.45, 2.75) is 45.6 Å². The van der Waals surface area contributed by atoms with Gasteiger partial charge < -0.3 is 11.1 Å². The maximum absolute atomic E-state index is 12.2. The molecule has 0 heterocycles. The molecule has 110 valence electrons. The number of nitrogen functional groups attached to an aromatic ring is 1. The Morgan fingerprint density at radius 2 is 1.90 bits per heavy atom. The summed E-state index contributed by atoms with van der Waals surface area (Å²) in [6.07, 6.45) is 4.27. The van der Waals surface area contributed by atoms with Gasteiger partial charge in [-0.25, -0.2) is 0 Å². The number of anilines is 1. The topological polar surface area (TPSA) is 55.1 Å². The third-order valence-corrected chi connectivity index (χ3v) is 4.81. The van der Waals surface area contributed by atoms with Crippen molar-refractivity contribution in [3.05, 3.63) is 27.7 Å². The molecule has 0 aliphatic heterocycles. The fraction of sp³-hybridized carbons (Fsp3) is 0.533. The van der Waals surface area contributed by atoms with E-state index in [9.17, 15) is 4.79 Å². The monoisotopic (exact) mass is 314 g/mol. The third-order valence-electron chi connectivity index (χ3n) is 3.99. The smallest absolute Gasteiger partial charge is 0.251 e. The zero-order valence-electron chi connectivity index (χ0n) is 11.8. The standard InChI is InChI=1S/C15H20Cl2N2O/c1-15(2)5-3-10(4-6-15)19-14(20)9-7-11(16)13(17)12(18)8-9/h7-8,10H,3-6,18H2,1-2H3,(H,19,20). The number of carbonyl (C=O) groups excluding carboxylic acids is 1. The molecule has 5 heteroatoms. The molecule has 1 aromatic rings. The van der Waals surface area contributed by atoms with E-state index >= 15 is 0 Å². The molecule has 0 aromatic heterocycles. The first kappa shape index (κ1) is 15.5. The summed E-state index contributed by atoms with van der Waals surface area (Å²) < 4.78 is 0. The van der Waals surface area contributed by atoms with Gasteiger partial charge in [0.2, 0.25) is 0 Å². The third kappa shape index (κ3) is 3.58. The quantitative estimate of drug-likeness (QED) is 0.801. The summed E-state index contributed by atoms with van der Waals surface area (Å²) in [4.78, 5) is 12.2. The lowest BCUT2D eigenvalue weighted by Gasteiger charge is -2.34. The number of nitrogens with two attached hydrogens (primary N) is 1. The summed E-state index contributed by atoms with van der Waals surface area (Å²) in [5, 5.41) is 3.65. The van der Waals surface area contributed by atoms with Crippen LogP contribution in [0.15, 0.2) is 12.1 Å². The van der Waals surface area contributed by atoms with E-state index in [1.54, 1.807) is 12.1 Å². The number of hydrogen-bond donors (Lipinski definition) is 2. The van der Waals surface area contributed by atoms with E-state index < -0.39 is 0 Å². The molecule has 0 unspecified atom stereocenters. The summed E-state index contributed by atoms with van der Waals surface area (Å²) in [6.45, 7) is 4.54. The first-order valence-corrected chi connectivity index (χ1v) is 7.59. The molecule has 0 spiro atoms. The van der Waals surface area contributed by atoms with Gasteiger partial charge in [-0.2, -0.15) is 0 Å². The molecule has 1 saturated carbocycles. The summed E-state index contributed by atoms with van der Waals surface area (Å²) >= 11 is 11.8. The lowest BCUT2D eigenvalue weighted by Crippen LogP contribution is -2.39. The number of hydrogen-bond acceptors (Lipinski definition) is 2. The summed E-state index contributed by atoms with van der Waals surface area (Å²) in [5.41, 5.74) is 6.90. The van der Waals surface area contributed by atoms with Crippen LogP contribution in [0.2, 0.25) is 10.0 Å². The lowest BCUT2D eigenvalue weighted by molar-refractivity contribution is 0.0909. The molecular weight excluding hydrogens is 295 g/mol.